The van der Waals surface area contributed by atoms with Crippen LogP contribution in [0.15, 0.2) is 36.4 Å². The maximum atomic E-state index is 13.7. The first kappa shape index (κ1) is 13.8. The Morgan fingerprint density at radius 3 is 2.39 bits per heavy atom. The molecular weight excluding hydrogens is 345 g/mol. The van der Waals surface area contributed by atoms with Crippen LogP contribution in [0.5, 0.6) is 0 Å². The van der Waals surface area contributed by atoms with Gasteiger partial charge in [0.1, 0.15) is 11.6 Å². The quantitative estimate of drug-likeness (QED) is 0.604. The molecule has 0 fully saturated rings. The maximum Gasteiger partial charge on any atom is 0.128 e. The zero-order valence-corrected chi connectivity index (χ0v) is 12.0. The molecule has 0 aliphatic rings. The van der Waals surface area contributed by atoms with E-state index >= 15 is 0 Å². The molecule has 1 atom stereocenters. The zero-order chi connectivity index (χ0) is 13.3. The summed E-state index contributed by atoms with van der Waals surface area (Å²) in [7, 11) is 0. The standard InChI is InChI=1S/C13H7BrCl2F2/c14-13(9-5-7(15)1-3-11(9)16)10-6-8(17)2-4-12(10)18/h1-6,13H. The van der Waals surface area contributed by atoms with E-state index in [0.29, 0.717) is 15.6 Å². The Morgan fingerprint density at radius 1 is 0.944 bits per heavy atom. The molecule has 2 aromatic rings. The van der Waals surface area contributed by atoms with E-state index in [1.165, 1.54) is 0 Å². The van der Waals surface area contributed by atoms with E-state index in [1.54, 1.807) is 18.2 Å². The van der Waals surface area contributed by atoms with Gasteiger partial charge in [-0.25, -0.2) is 8.78 Å². The van der Waals surface area contributed by atoms with Crippen LogP contribution < -0.4 is 0 Å². The average Bonchev–Trinajstić information content (AvgIpc) is 2.34. The van der Waals surface area contributed by atoms with Crippen molar-refractivity contribution in [1.29, 1.82) is 0 Å². The van der Waals surface area contributed by atoms with Crippen molar-refractivity contribution in [3.05, 3.63) is 69.2 Å². The summed E-state index contributed by atoms with van der Waals surface area (Å²) in [4.78, 5) is -0.556. The molecule has 0 radical (unpaired) electrons. The molecule has 0 N–H and O–H groups in total. The third-order valence-corrected chi connectivity index (χ3v) is 4.03. The van der Waals surface area contributed by atoms with E-state index in [-0.39, 0.29) is 5.56 Å². The van der Waals surface area contributed by atoms with Gasteiger partial charge in [0.15, 0.2) is 0 Å². The van der Waals surface area contributed by atoms with E-state index in [2.05, 4.69) is 15.9 Å². The fraction of sp³-hybridized carbons (Fsp3) is 0.0769. The minimum atomic E-state index is -0.556. The highest BCUT2D eigenvalue weighted by Crippen LogP contribution is 2.37. The van der Waals surface area contributed by atoms with Gasteiger partial charge >= 0.3 is 0 Å². The van der Waals surface area contributed by atoms with Crippen molar-refractivity contribution < 1.29 is 8.78 Å². The fourth-order valence-electron chi connectivity index (χ4n) is 1.59. The van der Waals surface area contributed by atoms with Crippen molar-refractivity contribution in [2.75, 3.05) is 0 Å². The molecule has 0 aliphatic heterocycles. The lowest BCUT2D eigenvalue weighted by atomic mass is 10.0. The summed E-state index contributed by atoms with van der Waals surface area (Å²) in [6, 6.07) is 8.15. The lowest BCUT2D eigenvalue weighted by Crippen LogP contribution is -1.98. The van der Waals surface area contributed by atoms with Crippen molar-refractivity contribution in [2.24, 2.45) is 0 Å². The Morgan fingerprint density at radius 2 is 1.67 bits per heavy atom. The number of rotatable bonds is 2. The molecule has 0 aliphatic carbocycles. The smallest absolute Gasteiger partial charge is 0.128 e. The number of alkyl halides is 1. The Labute approximate surface area is 122 Å². The second-order valence-electron chi connectivity index (χ2n) is 3.69. The first-order valence-electron chi connectivity index (χ1n) is 5.03. The summed E-state index contributed by atoms with van der Waals surface area (Å²) in [5, 5.41) is 0.917. The average molecular weight is 352 g/mol. The number of hydrogen-bond donors (Lipinski definition) is 0. The molecule has 0 nitrogen and oxygen atoms in total. The van der Waals surface area contributed by atoms with Crippen molar-refractivity contribution in [1.82, 2.24) is 0 Å². The highest BCUT2D eigenvalue weighted by atomic mass is 79.9. The van der Waals surface area contributed by atoms with Gasteiger partial charge in [-0.2, -0.15) is 0 Å². The van der Waals surface area contributed by atoms with Crippen LogP contribution in [0.1, 0.15) is 16.0 Å². The molecule has 0 aromatic heterocycles. The van der Waals surface area contributed by atoms with E-state index < -0.39 is 16.5 Å². The van der Waals surface area contributed by atoms with Crippen molar-refractivity contribution >= 4 is 39.1 Å². The van der Waals surface area contributed by atoms with Crippen LogP contribution in [0.2, 0.25) is 10.0 Å². The van der Waals surface area contributed by atoms with Gasteiger partial charge < -0.3 is 0 Å². The molecule has 94 valence electrons. The molecule has 2 rings (SSSR count). The Kier molecular flexibility index (Phi) is 4.25. The van der Waals surface area contributed by atoms with Gasteiger partial charge in [0.2, 0.25) is 0 Å². The Balaban J connectivity index is 2.50. The zero-order valence-electron chi connectivity index (χ0n) is 8.93. The lowest BCUT2D eigenvalue weighted by Gasteiger charge is -2.14. The number of halogens is 5. The molecule has 5 heteroatoms. The minimum Gasteiger partial charge on any atom is -0.207 e. The summed E-state index contributed by atoms with van der Waals surface area (Å²) in [5.41, 5.74) is 0.771. The first-order valence-corrected chi connectivity index (χ1v) is 6.70. The molecule has 0 bridgehead atoms. The van der Waals surface area contributed by atoms with Crippen LogP contribution in [0.25, 0.3) is 0 Å². The number of benzene rings is 2. The molecule has 0 saturated carbocycles. The topological polar surface area (TPSA) is 0 Å². The van der Waals surface area contributed by atoms with Gasteiger partial charge in [0.25, 0.3) is 0 Å². The van der Waals surface area contributed by atoms with Crippen molar-refractivity contribution in [3.63, 3.8) is 0 Å². The summed E-state index contributed by atoms with van der Waals surface area (Å²) < 4.78 is 26.8. The van der Waals surface area contributed by atoms with E-state index in [0.717, 1.165) is 18.2 Å². The van der Waals surface area contributed by atoms with E-state index in [9.17, 15) is 8.78 Å². The predicted molar refractivity (Wildman–Crippen MR) is 73.6 cm³/mol. The largest absolute Gasteiger partial charge is 0.207 e. The predicted octanol–water partition coefficient (Wildman–Crippen LogP) is 5.76. The molecule has 18 heavy (non-hydrogen) atoms. The van der Waals surface area contributed by atoms with E-state index in [4.69, 9.17) is 23.2 Å². The molecule has 0 spiro atoms. The molecular formula is C13H7BrCl2F2. The first-order chi connectivity index (χ1) is 8.49. The highest BCUT2D eigenvalue weighted by molar-refractivity contribution is 9.09. The summed E-state index contributed by atoms with van der Waals surface area (Å²) in [5.74, 6) is -1.01. The molecule has 0 amide bonds. The van der Waals surface area contributed by atoms with Crippen LogP contribution in [0.4, 0.5) is 8.78 Å². The second kappa shape index (κ2) is 5.55. The molecule has 1 unspecified atom stereocenters. The molecule has 0 heterocycles. The third kappa shape index (κ3) is 2.85. The van der Waals surface area contributed by atoms with Crippen molar-refractivity contribution in [3.8, 4) is 0 Å². The summed E-state index contributed by atoms with van der Waals surface area (Å²) in [6.45, 7) is 0. The minimum absolute atomic E-state index is 0.180. The molecule has 2 aromatic carbocycles. The summed E-state index contributed by atoms with van der Waals surface area (Å²) >= 11 is 15.2. The normalized spacial score (nSPS) is 12.5. The second-order valence-corrected chi connectivity index (χ2v) is 5.45. The van der Waals surface area contributed by atoms with Crippen LogP contribution in [-0.4, -0.2) is 0 Å². The SMILES string of the molecule is Fc1ccc(F)c(C(Br)c2cc(Cl)ccc2Cl)c1. The van der Waals surface area contributed by atoms with Crippen molar-refractivity contribution in [2.45, 2.75) is 4.83 Å². The van der Waals surface area contributed by atoms with Gasteiger partial charge in [-0.1, -0.05) is 39.1 Å². The highest BCUT2D eigenvalue weighted by Gasteiger charge is 2.18. The van der Waals surface area contributed by atoms with Gasteiger partial charge in [-0.05, 0) is 42.0 Å². The van der Waals surface area contributed by atoms with Crippen LogP contribution >= 0.6 is 39.1 Å². The van der Waals surface area contributed by atoms with Gasteiger partial charge in [0, 0.05) is 15.6 Å². The Hall–Kier alpha value is -0.640. The molecule has 0 saturated heterocycles. The van der Waals surface area contributed by atoms with Crippen LogP contribution in [-0.2, 0) is 0 Å². The van der Waals surface area contributed by atoms with Crippen LogP contribution in [0.3, 0.4) is 0 Å². The summed E-state index contributed by atoms with van der Waals surface area (Å²) in [6.07, 6.45) is 0. The van der Waals surface area contributed by atoms with Gasteiger partial charge in [-0.15, -0.1) is 0 Å². The Bertz CT molecular complexity index is 536. The maximum absolute atomic E-state index is 13.7. The van der Waals surface area contributed by atoms with Gasteiger partial charge in [0.05, 0.1) is 4.83 Å². The lowest BCUT2D eigenvalue weighted by molar-refractivity contribution is 0.588. The third-order valence-electron chi connectivity index (χ3n) is 2.46. The van der Waals surface area contributed by atoms with Gasteiger partial charge in [-0.3, -0.25) is 0 Å². The van der Waals surface area contributed by atoms with E-state index in [1.807, 2.05) is 0 Å². The fourth-order valence-corrected chi connectivity index (χ4v) is 2.85. The monoisotopic (exact) mass is 350 g/mol. The number of hydrogen-bond acceptors (Lipinski definition) is 0. The van der Waals surface area contributed by atoms with Crippen LogP contribution in [0, 0.1) is 11.6 Å².